The number of imidazole rings is 1. The third kappa shape index (κ3) is 5.10. The van der Waals surface area contributed by atoms with Crippen LogP contribution in [0.25, 0.3) is 0 Å². The van der Waals surface area contributed by atoms with Crippen molar-refractivity contribution in [1.29, 1.82) is 0 Å². The molecule has 2 saturated heterocycles. The summed E-state index contributed by atoms with van der Waals surface area (Å²) in [5, 5.41) is 3.53. The number of ether oxygens (including phenoxy) is 1. The van der Waals surface area contributed by atoms with Gasteiger partial charge in [-0.3, -0.25) is 9.89 Å². The van der Waals surface area contributed by atoms with E-state index in [0.717, 1.165) is 51.1 Å². The molecule has 2 aliphatic heterocycles. The molecule has 0 aliphatic carbocycles. The zero-order chi connectivity index (χ0) is 22.5. The zero-order valence-corrected chi connectivity index (χ0v) is 19.2. The van der Waals surface area contributed by atoms with Gasteiger partial charge in [0.1, 0.15) is 5.82 Å². The van der Waals surface area contributed by atoms with Crippen LogP contribution in [0.4, 0.5) is 0 Å². The van der Waals surface area contributed by atoms with Crippen molar-refractivity contribution in [3.8, 4) is 0 Å². The Bertz CT molecular complexity index is 1050. The predicted octanol–water partition coefficient (Wildman–Crippen LogP) is 2.59. The number of aromatic nitrogens is 2. The highest BCUT2D eigenvalue weighted by atomic mass is 16.5. The second-order valence-electron chi connectivity index (χ2n) is 8.70. The fraction of sp³-hybridized carbons (Fsp3) is 0.385. The monoisotopic (exact) mass is 444 g/mol. The van der Waals surface area contributed by atoms with Gasteiger partial charge in [-0.2, -0.15) is 0 Å². The minimum atomic E-state index is 0.209. The number of aliphatic imine (C=N–C) groups is 1. The molecule has 0 amide bonds. The molecule has 2 aliphatic rings. The van der Waals surface area contributed by atoms with Crippen molar-refractivity contribution in [2.75, 3.05) is 33.3 Å². The summed E-state index contributed by atoms with van der Waals surface area (Å²) < 4.78 is 8.33. The van der Waals surface area contributed by atoms with Crippen molar-refractivity contribution in [2.45, 2.75) is 31.8 Å². The molecule has 1 aromatic heterocycles. The first-order valence-corrected chi connectivity index (χ1v) is 11.7. The van der Waals surface area contributed by atoms with Gasteiger partial charge in [0.2, 0.25) is 0 Å². The number of nitrogens with zero attached hydrogens (tertiary/aromatic N) is 5. The molecule has 3 heterocycles. The topological polar surface area (TPSA) is 57.9 Å². The quantitative estimate of drug-likeness (QED) is 0.468. The first kappa shape index (κ1) is 21.7. The summed E-state index contributed by atoms with van der Waals surface area (Å²) in [6.45, 7) is 5.92. The normalized spacial score (nSPS) is 21.2. The molecule has 1 N–H and O–H groups in total. The second-order valence-corrected chi connectivity index (χ2v) is 8.70. The summed E-state index contributed by atoms with van der Waals surface area (Å²) in [7, 11) is 1.85. The van der Waals surface area contributed by atoms with Gasteiger partial charge in [-0.25, -0.2) is 4.98 Å². The summed E-state index contributed by atoms with van der Waals surface area (Å²) in [6.07, 6.45) is 4.11. The van der Waals surface area contributed by atoms with E-state index in [0.29, 0.717) is 12.6 Å². The number of rotatable bonds is 6. The molecule has 2 aromatic carbocycles. The minimum Gasteiger partial charge on any atom is -0.373 e. The molecule has 2 fully saturated rings. The summed E-state index contributed by atoms with van der Waals surface area (Å²) in [5.41, 5.74) is 2.62. The van der Waals surface area contributed by atoms with E-state index in [-0.39, 0.29) is 6.10 Å². The first-order chi connectivity index (χ1) is 16.3. The van der Waals surface area contributed by atoms with Gasteiger partial charge in [0.05, 0.1) is 25.3 Å². The molecule has 0 radical (unpaired) electrons. The van der Waals surface area contributed by atoms with Crippen molar-refractivity contribution >= 4 is 5.96 Å². The van der Waals surface area contributed by atoms with E-state index < -0.39 is 0 Å². The highest BCUT2D eigenvalue weighted by Gasteiger charge is 2.41. The number of hydrogen-bond acceptors (Lipinski definition) is 4. The van der Waals surface area contributed by atoms with Gasteiger partial charge in [0.15, 0.2) is 5.96 Å². The highest BCUT2D eigenvalue weighted by molar-refractivity contribution is 5.80. The zero-order valence-electron chi connectivity index (χ0n) is 19.2. The second kappa shape index (κ2) is 10.2. The maximum Gasteiger partial charge on any atom is 0.194 e. The maximum absolute atomic E-state index is 6.15. The SMILES string of the molecule is CN=C(NCc1nccn1Cc1ccccc1)N1CC2OCCN(Cc3ccccc3)C2C1. The predicted molar refractivity (Wildman–Crippen MR) is 130 cm³/mol. The smallest absolute Gasteiger partial charge is 0.194 e. The molecular formula is C26H32N6O. The maximum atomic E-state index is 6.15. The summed E-state index contributed by atoms with van der Waals surface area (Å²) in [6, 6.07) is 21.5. The van der Waals surface area contributed by atoms with E-state index in [9.17, 15) is 0 Å². The Morgan fingerprint density at radius 1 is 1.03 bits per heavy atom. The number of morpholine rings is 1. The Morgan fingerprint density at radius 2 is 1.76 bits per heavy atom. The van der Waals surface area contributed by atoms with Crippen LogP contribution >= 0.6 is 0 Å². The van der Waals surface area contributed by atoms with Crippen LogP contribution in [0.3, 0.4) is 0 Å². The van der Waals surface area contributed by atoms with Crippen molar-refractivity contribution in [1.82, 2.24) is 24.7 Å². The minimum absolute atomic E-state index is 0.209. The largest absolute Gasteiger partial charge is 0.373 e. The number of benzene rings is 2. The fourth-order valence-electron chi connectivity index (χ4n) is 4.87. The lowest BCUT2D eigenvalue weighted by molar-refractivity contribution is -0.0502. The van der Waals surface area contributed by atoms with E-state index in [4.69, 9.17) is 4.74 Å². The number of likely N-dealkylation sites (tertiary alicyclic amines) is 1. The van der Waals surface area contributed by atoms with Gasteiger partial charge < -0.3 is 19.5 Å². The van der Waals surface area contributed by atoms with Gasteiger partial charge in [0, 0.05) is 52.2 Å². The molecule has 0 bridgehead atoms. The Kier molecular flexibility index (Phi) is 6.69. The van der Waals surface area contributed by atoms with Crippen LogP contribution in [0.5, 0.6) is 0 Å². The number of fused-ring (bicyclic) bond motifs is 1. The third-order valence-corrected chi connectivity index (χ3v) is 6.56. The van der Waals surface area contributed by atoms with Crippen molar-refractivity contribution in [3.63, 3.8) is 0 Å². The van der Waals surface area contributed by atoms with Gasteiger partial charge in [-0.1, -0.05) is 60.7 Å². The van der Waals surface area contributed by atoms with Gasteiger partial charge in [-0.15, -0.1) is 0 Å². The van der Waals surface area contributed by atoms with Crippen LogP contribution in [0.1, 0.15) is 17.0 Å². The summed E-state index contributed by atoms with van der Waals surface area (Å²) >= 11 is 0. The van der Waals surface area contributed by atoms with Crippen LogP contribution in [0.2, 0.25) is 0 Å². The first-order valence-electron chi connectivity index (χ1n) is 11.7. The lowest BCUT2D eigenvalue weighted by Crippen LogP contribution is -2.50. The average molecular weight is 445 g/mol. The van der Waals surface area contributed by atoms with E-state index in [1.54, 1.807) is 0 Å². The van der Waals surface area contributed by atoms with Crippen LogP contribution in [0, 0.1) is 0 Å². The number of guanidine groups is 1. The molecule has 7 nitrogen and oxygen atoms in total. The van der Waals surface area contributed by atoms with Gasteiger partial charge >= 0.3 is 0 Å². The molecule has 7 heteroatoms. The van der Waals surface area contributed by atoms with Crippen molar-refractivity contribution < 1.29 is 4.74 Å². The molecule has 0 saturated carbocycles. The molecular weight excluding hydrogens is 412 g/mol. The van der Waals surface area contributed by atoms with E-state index in [1.165, 1.54) is 11.1 Å². The van der Waals surface area contributed by atoms with Crippen molar-refractivity contribution in [3.05, 3.63) is 90.0 Å². The Morgan fingerprint density at radius 3 is 2.48 bits per heavy atom. The van der Waals surface area contributed by atoms with E-state index in [2.05, 4.69) is 84.3 Å². The summed E-state index contributed by atoms with van der Waals surface area (Å²) in [5.74, 6) is 1.90. The molecule has 172 valence electrons. The Labute approximate surface area is 195 Å². The van der Waals surface area contributed by atoms with Crippen LogP contribution in [-0.2, 0) is 24.4 Å². The lowest BCUT2D eigenvalue weighted by Gasteiger charge is -2.36. The molecule has 2 unspecified atom stereocenters. The standard InChI is InChI=1S/C26H32N6O/c1-27-26(29-16-25-28-12-13-31(25)18-22-10-6-3-7-11-22)32-19-23-24(20-32)33-15-14-30(23)17-21-8-4-2-5-9-21/h2-13,23-24H,14-20H2,1H3,(H,27,29). The number of hydrogen-bond donors (Lipinski definition) is 1. The third-order valence-electron chi connectivity index (χ3n) is 6.56. The summed E-state index contributed by atoms with van der Waals surface area (Å²) in [4.78, 5) is 14.0. The molecule has 2 atom stereocenters. The van der Waals surface area contributed by atoms with Crippen LogP contribution in [0.15, 0.2) is 78.0 Å². The number of nitrogens with one attached hydrogen (secondary N) is 1. The highest BCUT2D eigenvalue weighted by Crippen LogP contribution is 2.24. The fourth-order valence-corrected chi connectivity index (χ4v) is 4.87. The molecule has 5 rings (SSSR count). The molecule has 0 spiro atoms. The van der Waals surface area contributed by atoms with Gasteiger partial charge in [-0.05, 0) is 11.1 Å². The Balaban J connectivity index is 1.21. The van der Waals surface area contributed by atoms with Crippen LogP contribution < -0.4 is 5.32 Å². The average Bonchev–Trinajstić information content (AvgIpc) is 3.48. The van der Waals surface area contributed by atoms with Crippen molar-refractivity contribution in [2.24, 2.45) is 4.99 Å². The molecule has 3 aromatic rings. The van der Waals surface area contributed by atoms with E-state index in [1.807, 2.05) is 25.5 Å². The Hall–Kier alpha value is -3.16. The van der Waals surface area contributed by atoms with E-state index >= 15 is 0 Å². The van der Waals surface area contributed by atoms with Crippen LogP contribution in [-0.4, -0.2) is 70.7 Å². The van der Waals surface area contributed by atoms with Gasteiger partial charge in [0.25, 0.3) is 0 Å². The lowest BCUT2D eigenvalue weighted by atomic mass is 10.1. The molecule has 33 heavy (non-hydrogen) atoms.